The summed E-state index contributed by atoms with van der Waals surface area (Å²) >= 11 is 0. The van der Waals surface area contributed by atoms with Gasteiger partial charge in [-0.05, 0) is 19.3 Å². The van der Waals surface area contributed by atoms with E-state index in [1.54, 1.807) is 6.08 Å². The van der Waals surface area contributed by atoms with Crippen molar-refractivity contribution in [2.75, 3.05) is 40.9 Å². The molecule has 0 saturated heterocycles. The van der Waals surface area contributed by atoms with E-state index >= 15 is 0 Å². The molecule has 298 valence electrons. The largest absolute Gasteiger partial charge is 0.756 e. The second-order valence-corrected chi connectivity index (χ2v) is 17.1. The van der Waals surface area contributed by atoms with Crippen LogP contribution in [0.3, 0.4) is 0 Å². The number of nitrogens with one attached hydrogen (secondary N) is 1. The molecule has 2 N–H and O–H groups in total. The zero-order valence-electron chi connectivity index (χ0n) is 33.6. The summed E-state index contributed by atoms with van der Waals surface area (Å²) in [5, 5.41) is 13.5. The molecule has 0 aromatic heterocycles. The number of unbranched alkanes of at least 4 members (excludes halogenated alkanes) is 25. The molecule has 0 aliphatic heterocycles. The highest BCUT2D eigenvalue weighted by atomic mass is 31.2. The number of aliphatic hydroxyl groups excluding tert-OH is 1. The molecular weight excluding hydrogens is 647 g/mol. The molecule has 0 rings (SSSR count). The Morgan fingerprint density at radius 3 is 1.48 bits per heavy atom. The van der Waals surface area contributed by atoms with E-state index in [2.05, 4.69) is 12.2 Å². The second kappa shape index (κ2) is 34.0. The fourth-order valence-electron chi connectivity index (χ4n) is 6.07. The molecule has 8 nitrogen and oxygen atoms in total. The Morgan fingerprint density at radius 1 is 0.680 bits per heavy atom. The van der Waals surface area contributed by atoms with E-state index in [1.165, 1.54) is 141 Å². The number of allylic oxidation sites excluding steroid dienone is 1. The third-order valence-corrected chi connectivity index (χ3v) is 10.5. The van der Waals surface area contributed by atoms with E-state index in [-0.39, 0.29) is 19.1 Å². The van der Waals surface area contributed by atoms with Gasteiger partial charge in [0.15, 0.2) is 0 Å². The zero-order valence-corrected chi connectivity index (χ0v) is 34.5. The van der Waals surface area contributed by atoms with Crippen molar-refractivity contribution in [1.29, 1.82) is 0 Å². The number of carbonyl (C=O) groups excluding carboxylic acids is 1. The normalized spacial score (nSPS) is 14.6. The minimum absolute atomic E-state index is 0.000150. The van der Waals surface area contributed by atoms with Crippen LogP contribution in [0.25, 0.3) is 0 Å². The molecule has 50 heavy (non-hydrogen) atoms. The van der Waals surface area contributed by atoms with Crippen molar-refractivity contribution in [3.8, 4) is 0 Å². The van der Waals surface area contributed by atoms with E-state index in [4.69, 9.17) is 9.05 Å². The lowest BCUT2D eigenvalue weighted by Gasteiger charge is -2.29. The first kappa shape index (κ1) is 49.2. The molecule has 3 unspecified atom stereocenters. The van der Waals surface area contributed by atoms with Gasteiger partial charge in [-0.2, -0.15) is 0 Å². The summed E-state index contributed by atoms with van der Waals surface area (Å²) in [4.78, 5) is 24.6. The van der Waals surface area contributed by atoms with Gasteiger partial charge in [0.2, 0.25) is 5.91 Å². The van der Waals surface area contributed by atoms with E-state index in [9.17, 15) is 19.4 Å². The molecule has 1 amide bonds. The molecule has 0 spiro atoms. The van der Waals surface area contributed by atoms with Crippen molar-refractivity contribution in [2.45, 2.75) is 206 Å². The first-order valence-corrected chi connectivity index (χ1v) is 22.5. The number of aliphatic hydroxyl groups is 1. The summed E-state index contributed by atoms with van der Waals surface area (Å²) in [7, 11) is 1.26. The maximum atomic E-state index is 12.3. The summed E-state index contributed by atoms with van der Waals surface area (Å²) in [5.74, 6) is -0.232. The Bertz CT molecular complexity index is 834. The number of phosphoric acid groups is 1. The van der Waals surface area contributed by atoms with Gasteiger partial charge in [0.05, 0.1) is 39.9 Å². The van der Waals surface area contributed by atoms with Crippen molar-refractivity contribution in [1.82, 2.24) is 5.32 Å². The zero-order chi connectivity index (χ0) is 37.2. The first-order chi connectivity index (χ1) is 24.0. The number of nitrogens with zero attached hydrogens (tertiary/aromatic N) is 1. The van der Waals surface area contributed by atoms with Crippen LogP contribution >= 0.6 is 7.82 Å². The van der Waals surface area contributed by atoms with E-state index in [0.717, 1.165) is 32.1 Å². The van der Waals surface area contributed by atoms with Gasteiger partial charge < -0.3 is 28.8 Å². The average molecular weight is 731 g/mol. The SMILES string of the molecule is CCCCCCCCCCCCCCCCCCCCCCCCCC/C=C/C(O)C(COP(=O)([O-])OCC[N+](C)(C)C)NC(=O)CCCC. The number of phosphoric ester groups is 1. The predicted octanol–water partition coefficient (Wildman–Crippen LogP) is 10.6. The molecule has 0 aliphatic rings. The van der Waals surface area contributed by atoms with Gasteiger partial charge in [-0.25, -0.2) is 0 Å². The molecule has 0 saturated carbocycles. The number of carbonyl (C=O) groups is 1. The summed E-state index contributed by atoms with van der Waals surface area (Å²) < 4.78 is 22.8. The molecule has 9 heteroatoms. The number of hydrogen-bond acceptors (Lipinski definition) is 6. The Labute approximate surface area is 310 Å². The molecule has 0 radical (unpaired) electrons. The quantitative estimate of drug-likeness (QED) is 0.0283. The first-order valence-electron chi connectivity index (χ1n) is 21.1. The van der Waals surface area contributed by atoms with Crippen molar-refractivity contribution in [3.05, 3.63) is 12.2 Å². The van der Waals surface area contributed by atoms with Gasteiger partial charge in [0.1, 0.15) is 13.2 Å². The Hall–Kier alpha value is -0.760. The van der Waals surface area contributed by atoms with Crippen LogP contribution in [0.1, 0.15) is 194 Å². The van der Waals surface area contributed by atoms with E-state index in [0.29, 0.717) is 17.4 Å². The van der Waals surface area contributed by atoms with Gasteiger partial charge in [0.25, 0.3) is 7.82 Å². The second-order valence-electron chi connectivity index (χ2n) is 15.7. The minimum atomic E-state index is -4.56. The predicted molar refractivity (Wildman–Crippen MR) is 210 cm³/mol. The number of amides is 1. The minimum Gasteiger partial charge on any atom is -0.756 e. The molecule has 0 bridgehead atoms. The van der Waals surface area contributed by atoms with Gasteiger partial charge >= 0.3 is 0 Å². The standard InChI is InChI=1S/C41H83N2O6P/c1-6-8-10-11-12-13-14-15-16-17-18-19-20-21-22-23-24-25-26-27-28-29-30-31-32-33-34-40(44)39(42-41(45)35-9-7-2)38-49-50(46,47)48-37-36-43(3,4)5/h33-34,39-40,44H,6-32,35-38H2,1-5H3,(H-,42,45,46,47)/b34-33+. The summed E-state index contributed by atoms with van der Waals surface area (Å²) in [6, 6.07) is -0.876. The van der Waals surface area contributed by atoms with Gasteiger partial charge in [0, 0.05) is 6.42 Å². The van der Waals surface area contributed by atoms with Crippen LogP contribution in [-0.4, -0.2) is 68.5 Å². The van der Waals surface area contributed by atoms with Crippen LogP contribution in [-0.2, 0) is 18.4 Å². The molecule has 0 aromatic rings. The van der Waals surface area contributed by atoms with Crippen molar-refractivity contribution in [2.24, 2.45) is 0 Å². The molecule has 0 aliphatic carbocycles. The molecule has 0 aromatic carbocycles. The lowest BCUT2D eigenvalue weighted by atomic mass is 10.0. The van der Waals surface area contributed by atoms with Crippen LogP contribution in [0.15, 0.2) is 12.2 Å². The fourth-order valence-corrected chi connectivity index (χ4v) is 6.79. The van der Waals surface area contributed by atoms with Crippen molar-refractivity contribution < 1.29 is 32.9 Å². The maximum absolute atomic E-state index is 12.3. The van der Waals surface area contributed by atoms with E-state index < -0.39 is 20.0 Å². The van der Waals surface area contributed by atoms with Crippen LogP contribution in [0, 0.1) is 0 Å². The maximum Gasteiger partial charge on any atom is 0.268 e. The number of hydrogen-bond donors (Lipinski definition) is 2. The fraction of sp³-hybridized carbons (Fsp3) is 0.927. The molecule has 3 atom stereocenters. The van der Waals surface area contributed by atoms with Crippen LogP contribution < -0.4 is 10.2 Å². The summed E-state index contributed by atoms with van der Waals surface area (Å²) in [6.07, 6.45) is 38.2. The highest BCUT2D eigenvalue weighted by Gasteiger charge is 2.23. The topological polar surface area (TPSA) is 108 Å². The Balaban J connectivity index is 3.88. The van der Waals surface area contributed by atoms with Crippen molar-refractivity contribution in [3.63, 3.8) is 0 Å². The van der Waals surface area contributed by atoms with Gasteiger partial charge in [-0.3, -0.25) is 9.36 Å². The average Bonchev–Trinajstić information content (AvgIpc) is 3.06. The van der Waals surface area contributed by atoms with Crippen LogP contribution in [0.2, 0.25) is 0 Å². The van der Waals surface area contributed by atoms with Crippen molar-refractivity contribution >= 4 is 13.7 Å². The van der Waals surface area contributed by atoms with Crippen LogP contribution in [0.5, 0.6) is 0 Å². The number of rotatable bonds is 38. The Kier molecular flexibility index (Phi) is 33.5. The molecule has 0 fully saturated rings. The van der Waals surface area contributed by atoms with E-state index in [1.807, 2.05) is 34.1 Å². The summed E-state index contributed by atoms with van der Waals surface area (Å²) in [5.41, 5.74) is 0. The highest BCUT2D eigenvalue weighted by Crippen LogP contribution is 2.38. The Morgan fingerprint density at radius 2 is 1.08 bits per heavy atom. The molecular formula is C41H83N2O6P. The molecule has 0 heterocycles. The number of likely N-dealkylation sites (N-methyl/N-ethyl adjacent to an activating group) is 1. The third-order valence-electron chi connectivity index (χ3n) is 9.50. The lowest BCUT2D eigenvalue weighted by molar-refractivity contribution is -0.870. The van der Waals surface area contributed by atoms with Crippen LogP contribution in [0.4, 0.5) is 0 Å². The van der Waals surface area contributed by atoms with Gasteiger partial charge in [-0.15, -0.1) is 0 Å². The smallest absolute Gasteiger partial charge is 0.268 e. The lowest BCUT2D eigenvalue weighted by Crippen LogP contribution is -2.45. The summed E-state index contributed by atoms with van der Waals surface area (Å²) in [6.45, 7) is 4.40. The highest BCUT2D eigenvalue weighted by molar-refractivity contribution is 7.45. The van der Waals surface area contributed by atoms with Gasteiger partial charge in [-0.1, -0.05) is 180 Å². The number of quaternary nitrogens is 1. The third kappa shape index (κ3) is 35.6. The monoisotopic (exact) mass is 731 g/mol.